The number of nitrogens with zero attached hydrogens (tertiary/aromatic N) is 3. The number of imide groups is 1. The van der Waals surface area contributed by atoms with Gasteiger partial charge in [0.05, 0.1) is 12.5 Å². The molecular formula is C33H38N4O6. The zero-order chi connectivity index (χ0) is 31.2. The average molecular weight is 587 g/mol. The van der Waals surface area contributed by atoms with Crippen LogP contribution in [0.4, 0.5) is 0 Å². The van der Waals surface area contributed by atoms with E-state index >= 15 is 0 Å². The Morgan fingerprint density at radius 1 is 0.791 bits per heavy atom. The van der Waals surface area contributed by atoms with Crippen molar-refractivity contribution in [3.05, 3.63) is 102 Å². The molecule has 2 atom stereocenters. The van der Waals surface area contributed by atoms with Gasteiger partial charge in [-0.2, -0.15) is 0 Å². The Kier molecular flexibility index (Phi) is 12.6. The van der Waals surface area contributed by atoms with Crippen LogP contribution in [0, 0.1) is 11.8 Å². The first-order valence-electron chi connectivity index (χ1n) is 14.2. The quantitative estimate of drug-likeness (QED) is 0.279. The fourth-order valence-electron chi connectivity index (χ4n) is 4.68. The van der Waals surface area contributed by atoms with E-state index in [-0.39, 0.29) is 24.7 Å². The van der Waals surface area contributed by atoms with Gasteiger partial charge in [0, 0.05) is 38.3 Å². The van der Waals surface area contributed by atoms with Crippen LogP contribution in [-0.2, 0) is 43.2 Å². The molecule has 0 aliphatic rings. The van der Waals surface area contributed by atoms with E-state index in [1.54, 1.807) is 44.6 Å². The molecule has 10 heteroatoms. The van der Waals surface area contributed by atoms with Crippen LogP contribution in [0.2, 0.25) is 0 Å². The second kappa shape index (κ2) is 16.5. The number of rotatable bonds is 15. The van der Waals surface area contributed by atoms with Gasteiger partial charge in [-0.15, -0.1) is 0 Å². The maximum absolute atomic E-state index is 13.6. The number of carbonyl (C=O) groups is 5. The predicted octanol–water partition coefficient (Wildman–Crippen LogP) is 2.77. The Bertz CT molecular complexity index is 1370. The highest BCUT2D eigenvalue weighted by atomic mass is 16.4. The summed E-state index contributed by atoms with van der Waals surface area (Å²) in [7, 11) is 3.11. The summed E-state index contributed by atoms with van der Waals surface area (Å²) in [6.07, 6.45) is 3.06. The standard InChI is InChI=1S/C33H38N4O6/c1-36(2)29(38)21-27(20-25-13-7-4-8-14-25)33(43)37(23-31(40)41)30(39)22-35-32(42)26(19-24-11-5-3-6-12-24)16-17-28-15-9-10-18-34-28/h3-15,18,26-27H,16-17,19-23H2,1-2H3,(H,35,42)(H,40,41). The van der Waals surface area contributed by atoms with Crippen LogP contribution in [-0.4, -0.2) is 76.7 Å². The Balaban J connectivity index is 1.75. The van der Waals surface area contributed by atoms with Gasteiger partial charge in [0.25, 0.3) is 0 Å². The molecule has 10 nitrogen and oxygen atoms in total. The highest BCUT2D eigenvalue weighted by molar-refractivity contribution is 6.01. The molecule has 0 bridgehead atoms. The van der Waals surface area contributed by atoms with E-state index in [0.717, 1.165) is 16.8 Å². The highest BCUT2D eigenvalue weighted by Gasteiger charge is 2.33. The summed E-state index contributed by atoms with van der Waals surface area (Å²) in [5.74, 6) is -5.22. The van der Waals surface area contributed by atoms with E-state index < -0.39 is 42.7 Å². The molecular weight excluding hydrogens is 548 g/mol. The smallest absolute Gasteiger partial charge is 0.323 e. The van der Waals surface area contributed by atoms with Gasteiger partial charge in [-0.05, 0) is 48.9 Å². The van der Waals surface area contributed by atoms with Gasteiger partial charge in [0.1, 0.15) is 6.54 Å². The van der Waals surface area contributed by atoms with Gasteiger partial charge in [0.15, 0.2) is 0 Å². The minimum absolute atomic E-state index is 0.141. The third kappa shape index (κ3) is 10.8. The molecule has 0 saturated carbocycles. The molecule has 0 fully saturated rings. The Hall–Kier alpha value is -4.86. The second-order valence-corrected chi connectivity index (χ2v) is 10.6. The number of aryl methyl sites for hydroxylation is 1. The first-order valence-corrected chi connectivity index (χ1v) is 14.2. The number of carboxylic acid groups (broad SMARTS) is 1. The lowest BCUT2D eigenvalue weighted by Crippen LogP contribution is -2.49. The van der Waals surface area contributed by atoms with E-state index in [9.17, 15) is 29.1 Å². The zero-order valence-corrected chi connectivity index (χ0v) is 24.5. The first kappa shape index (κ1) is 32.7. The van der Waals surface area contributed by atoms with Crippen molar-refractivity contribution < 1.29 is 29.1 Å². The lowest BCUT2D eigenvalue weighted by atomic mass is 9.93. The van der Waals surface area contributed by atoms with Crippen LogP contribution in [0.15, 0.2) is 85.1 Å². The van der Waals surface area contributed by atoms with E-state index in [1.807, 2.05) is 54.6 Å². The van der Waals surface area contributed by atoms with Crippen molar-refractivity contribution in [1.82, 2.24) is 20.1 Å². The molecule has 0 aliphatic heterocycles. The summed E-state index contributed by atoms with van der Waals surface area (Å²) in [6, 6.07) is 24.0. The van der Waals surface area contributed by atoms with Crippen molar-refractivity contribution in [3.63, 3.8) is 0 Å². The molecule has 43 heavy (non-hydrogen) atoms. The van der Waals surface area contributed by atoms with E-state index in [1.165, 1.54) is 4.90 Å². The monoisotopic (exact) mass is 586 g/mol. The summed E-state index contributed by atoms with van der Waals surface area (Å²) in [6.45, 7) is -1.45. The number of carboxylic acids is 1. The molecule has 3 rings (SSSR count). The maximum atomic E-state index is 13.6. The Labute approximate surface area is 251 Å². The van der Waals surface area contributed by atoms with Crippen molar-refractivity contribution in [2.45, 2.75) is 32.1 Å². The van der Waals surface area contributed by atoms with Crippen molar-refractivity contribution in [3.8, 4) is 0 Å². The predicted molar refractivity (Wildman–Crippen MR) is 161 cm³/mol. The zero-order valence-electron chi connectivity index (χ0n) is 24.5. The number of aromatic nitrogens is 1. The molecule has 2 N–H and O–H groups in total. The van der Waals surface area contributed by atoms with Gasteiger partial charge in [-0.3, -0.25) is 33.9 Å². The maximum Gasteiger partial charge on any atom is 0.323 e. The third-order valence-electron chi connectivity index (χ3n) is 7.04. The van der Waals surface area contributed by atoms with Crippen LogP contribution in [0.25, 0.3) is 0 Å². The average Bonchev–Trinajstić information content (AvgIpc) is 3.01. The molecule has 3 aromatic rings. The number of amides is 4. The third-order valence-corrected chi connectivity index (χ3v) is 7.04. The first-order chi connectivity index (χ1) is 20.6. The minimum Gasteiger partial charge on any atom is -0.480 e. The summed E-state index contributed by atoms with van der Waals surface area (Å²) in [5, 5.41) is 12.1. The highest BCUT2D eigenvalue weighted by Crippen LogP contribution is 2.18. The van der Waals surface area contributed by atoms with Gasteiger partial charge >= 0.3 is 5.97 Å². The van der Waals surface area contributed by atoms with Gasteiger partial charge in [-0.1, -0.05) is 66.7 Å². The molecule has 0 saturated heterocycles. The van der Waals surface area contributed by atoms with Crippen LogP contribution in [0.3, 0.4) is 0 Å². The molecule has 1 heterocycles. The fourth-order valence-corrected chi connectivity index (χ4v) is 4.68. The number of carbonyl (C=O) groups excluding carboxylic acids is 4. The summed E-state index contributed by atoms with van der Waals surface area (Å²) >= 11 is 0. The lowest BCUT2D eigenvalue weighted by molar-refractivity contribution is -0.155. The summed E-state index contributed by atoms with van der Waals surface area (Å²) in [4.78, 5) is 70.8. The molecule has 4 amide bonds. The second-order valence-electron chi connectivity index (χ2n) is 10.6. The van der Waals surface area contributed by atoms with E-state index in [2.05, 4.69) is 10.3 Å². The van der Waals surface area contributed by atoms with Gasteiger partial charge in [-0.25, -0.2) is 0 Å². The summed E-state index contributed by atoms with van der Waals surface area (Å²) < 4.78 is 0. The largest absolute Gasteiger partial charge is 0.480 e. The molecule has 1 aromatic heterocycles. The van der Waals surface area contributed by atoms with Gasteiger partial charge < -0.3 is 15.3 Å². The van der Waals surface area contributed by atoms with Crippen molar-refractivity contribution in [2.75, 3.05) is 27.2 Å². The molecule has 0 spiro atoms. The Morgan fingerprint density at radius 3 is 1.91 bits per heavy atom. The number of aliphatic carboxylic acids is 1. The number of hydrogen-bond acceptors (Lipinski definition) is 6. The van der Waals surface area contributed by atoms with Crippen molar-refractivity contribution in [1.29, 1.82) is 0 Å². The summed E-state index contributed by atoms with van der Waals surface area (Å²) in [5.41, 5.74) is 2.55. The normalized spacial score (nSPS) is 12.0. The fraction of sp³-hybridized carbons (Fsp3) is 0.333. The molecule has 2 unspecified atom stereocenters. The molecule has 0 aliphatic carbocycles. The minimum atomic E-state index is -1.39. The topological polar surface area (TPSA) is 137 Å². The SMILES string of the molecule is CN(C)C(=O)CC(Cc1ccccc1)C(=O)N(CC(=O)O)C(=O)CNC(=O)C(CCc1ccccn1)Cc1ccccc1. The van der Waals surface area contributed by atoms with Crippen LogP contribution < -0.4 is 5.32 Å². The lowest BCUT2D eigenvalue weighted by Gasteiger charge is -2.26. The number of nitrogens with one attached hydrogen (secondary N) is 1. The van der Waals surface area contributed by atoms with Crippen molar-refractivity contribution >= 4 is 29.6 Å². The van der Waals surface area contributed by atoms with Gasteiger partial charge in [0.2, 0.25) is 23.6 Å². The van der Waals surface area contributed by atoms with Crippen LogP contribution in [0.5, 0.6) is 0 Å². The van der Waals surface area contributed by atoms with E-state index in [0.29, 0.717) is 24.2 Å². The molecule has 226 valence electrons. The van der Waals surface area contributed by atoms with Crippen LogP contribution >= 0.6 is 0 Å². The Morgan fingerprint density at radius 2 is 1.37 bits per heavy atom. The number of hydrogen-bond donors (Lipinski definition) is 2. The number of pyridine rings is 1. The van der Waals surface area contributed by atoms with Crippen molar-refractivity contribution in [2.24, 2.45) is 11.8 Å². The number of benzene rings is 2. The van der Waals surface area contributed by atoms with Crippen LogP contribution in [0.1, 0.15) is 29.7 Å². The molecule has 2 aromatic carbocycles. The molecule has 0 radical (unpaired) electrons. The van der Waals surface area contributed by atoms with E-state index in [4.69, 9.17) is 0 Å².